The van der Waals surface area contributed by atoms with Crippen molar-refractivity contribution in [2.24, 2.45) is 0 Å². The summed E-state index contributed by atoms with van der Waals surface area (Å²) in [6, 6.07) is 1.61. The Bertz CT molecular complexity index is 475. The molecule has 0 N–H and O–H groups in total. The number of hydrogen-bond acceptors (Lipinski definition) is 10. The molecule has 0 bridgehead atoms. The Labute approximate surface area is 221 Å². The second-order valence-corrected chi connectivity index (χ2v) is 14.6. The van der Waals surface area contributed by atoms with Gasteiger partial charge in [-0.05, 0) is 32.1 Å². The van der Waals surface area contributed by atoms with Crippen molar-refractivity contribution in [3.63, 3.8) is 0 Å². The SMILES string of the molecule is CCCO[Si](CCCOCC1CO1)(OCCC)OCCC.CO[Si](CCCOCC1CO1)(OC)OC. The molecule has 0 aliphatic carbocycles. The Morgan fingerprint density at radius 2 is 0.944 bits per heavy atom. The molecule has 2 saturated heterocycles. The minimum atomic E-state index is -2.53. The van der Waals surface area contributed by atoms with Crippen LogP contribution in [0.25, 0.3) is 0 Å². The largest absolute Gasteiger partial charge is 0.501 e. The van der Waals surface area contributed by atoms with Gasteiger partial charge in [0.15, 0.2) is 0 Å². The van der Waals surface area contributed by atoms with E-state index in [4.69, 9.17) is 45.5 Å². The van der Waals surface area contributed by atoms with Gasteiger partial charge in [-0.25, -0.2) is 0 Å². The van der Waals surface area contributed by atoms with Gasteiger partial charge in [-0.2, -0.15) is 0 Å². The third-order valence-corrected chi connectivity index (χ3v) is 11.2. The van der Waals surface area contributed by atoms with E-state index in [1.165, 1.54) is 0 Å². The molecular formula is C24H52O10Si2. The molecule has 0 spiro atoms. The van der Waals surface area contributed by atoms with Gasteiger partial charge in [0.25, 0.3) is 0 Å². The van der Waals surface area contributed by atoms with Crippen LogP contribution in [-0.2, 0) is 45.5 Å². The lowest BCUT2D eigenvalue weighted by molar-refractivity contribution is 0.0541. The van der Waals surface area contributed by atoms with Crippen LogP contribution in [0.5, 0.6) is 0 Å². The Morgan fingerprint density at radius 1 is 0.583 bits per heavy atom. The van der Waals surface area contributed by atoms with Crippen LogP contribution in [0.1, 0.15) is 52.9 Å². The van der Waals surface area contributed by atoms with Crippen molar-refractivity contribution in [3.8, 4) is 0 Å². The number of ether oxygens (including phenoxy) is 4. The van der Waals surface area contributed by atoms with Crippen molar-refractivity contribution < 1.29 is 45.5 Å². The van der Waals surface area contributed by atoms with E-state index in [2.05, 4.69) is 20.8 Å². The van der Waals surface area contributed by atoms with Gasteiger partial charge < -0.3 is 45.5 Å². The molecular weight excluding hydrogens is 504 g/mol. The first-order valence-electron chi connectivity index (χ1n) is 13.5. The third kappa shape index (κ3) is 16.1. The van der Waals surface area contributed by atoms with E-state index in [1.807, 2.05) is 0 Å². The van der Waals surface area contributed by atoms with E-state index in [0.29, 0.717) is 51.8 Å². The molecule has 2 unspecified atom stereocenters. The second-order valence-electron chi connectivity index (χ2n) is 8.79. The molecule has 2 aliphatic heterocycles. The normalized spacial score (nSPS) is 19.2. The van der Waals surface area contributed by atoms with E-state index in [-0.39, 0.29) is 0 Å². The summed E-state index contributed by atoms with van der Waals surface area (Å²) in [5, 5.41) is 0. The quantitative estimate of drug-likeness (QED) is 0.0994. The highest BCUT2D eigenvalue weighted by molar-refractivity contribution is 6.61. The first kappa shape index (κ1) is 34.1. The second kappa shape index (κ2) is 20.9. The molecule has 2 rings (SSSR count). The fourth-order valence-corrected chi connectivity index (χ4v) is 7.71. The molecule has 2 heterocycles. The highest BCUT2D eigenvalue weighted by Gasteiger charge is 2.40. The first-order valence-corrected chi connectivity index (χ1v) is 17.3. The summed E-state index contributed by atoms with van der Waals surface area (Å²) in [6.07, 6.45) is 5.40. The Kier molecular flexibility index (Phi) is 19.8. The van der Waals surface area contributed by atoms with Crippen LogP contribution in [0.4, 0.5) is 0 Å². The molecule has 0 saturated carbocycles. The summed E-state index contributed by atoms with van der Waals surface area (Å²) in [6.45, 7) is 12.9. The van der Waals surface area contributed by atoms with Gasteiger partial charge in [-0.3, -0.25) is 0 Å². The molecule has 216 valence electrons. The molecule has 2 fully saturated rings. The zero-order valence-electron chi connectivity index (χ0n) is 23.6. The Balaban J connectivity index is 0.000000381. The predicted molar refractivity (Wildman–Crippen MR) is 141 cm³/mol. The summed E-state index contributed by atoms with van der Waals surface area (Å²) in [7, 11) is -0.0521. The smallest absolute Gasteiger partial charge is 0.379 e. The van der Waals surface area contributed by atoms with E-state index >= 15 is 0 Å². The molecule has 2 atom stereocenters. The van der Waals surface area contributed by atoms with Crippen LogP contribution in [-0.4, -0.2) is 111 Å². The van der Waals surface area contributed by atoms with Crippen molar-refractivity contribution >= 4 is 17.6 Å². The number of rotatable bonds is 24. The molecule has 2 aliphatic rings. The molecule has 0 aromatic carbocycles. The lowest BCUT2D eigenvalue weighted by Crippen LogP contribution is -2.46. The molecule has 0 radical (unpaired) electrons. The summed E-state index contributed by atoms with van der Waals surface area (Å²) >= 11 is 0. The minimum absolute atomic E-state index is 0.330. The van der Waals surface area contributed by atoms with E-state index < -0.39 is 17.6 Å². The average Bonchev–Trinajstić information content (AvgIpc) is 3.83. The predicted octanol–water partition coefficient (Wildman–Crippen LogP) is 3.68. The maximum absolute atomic E-state index is 6.04. The van der Waals surface area contributed by atoms with E-state index in [1.54, 1.807) is 21.3 Å². The van der Waals surface area contributed by atoms with Gasteiger partial charge in [0.05, 0.1) is 26.4 Å². The fraction of sp³-hybridized carbons (Fsp3) is 1.00. The Hall–Kier alpha value is 0.0338. The molecule has 0 amide bonds. The molecule has 12 heteroatoms. The fourth-order valence-electron chi connectivity index (χ4n) is 3.21. The van der Waals surface area contributed by atoms with Crippen LogP contribution in [0.15, 0.2) is 0 Å². The summed E-state index contributed by atoms with van der Waals surface area (Å²) in [4.78, 5) is 0. The van der Waals surface area contributed by atoms with Gasteiger partial charge in [-0.15, -0.1) is 0 Å². The van der Waals surface area contributed by atoms with Crippen LogP contribution in [0, 0.1) is 0 Å². The van der Waals surface area contributed by atoms with Crippen molar-refractivity contribution in [2.75, 3.05) is 80.8 Å². The number of hydrogen-bond donors (Lipinski definition) is 0. The van der Waals surface area contributed by atoms with Crippen LogP contribution >= 0.6 is 0 Å². The lowest BCUT2D eigenvalue weighted by atomic mass is 10.5. The zero-order chi connectivity index (χ0) is 26.5. The molecule has 36 heavy (non-hydrogen) atoms. The van der Waals surface area contributed by atoms with Gasteiger partial charge >= 0.3 is 17.6 Å². The van der Waals surface area contributed by atoms with Gasteiger partial charge in [0.1, 0.15) is 12.2 Å². The monoisotopic (exact) mass is 556 g/mol. The zero-order valence-corrected chi connectivity index (χ0v) is 25.6. The van der Waals surface area contributed by atoms with Crippen LogP contribution in [0.3, 0.4) is 0 Å². The topological polar surface area (TPSA) is 98.9 Å². The van der Waals surface area contributed by atoms with Crippen molar-refractivity contribution in [2.45, 2.75) is 77.2 Å². The van der Waals surface area contributed by atoms with Gasteiger partial charge in [-0.1, -0.05) is 20.8 Å². The maximum Gasteiger partial charge on any atom is 0.501 e. The first-order chi connectivity index (χ1) is 17.5. The maximum atomic E-state index is 6.04. The molecule has 0 aromatic rings. The van der Waals surface area contributed by atoms with E-state index in [9.17, 15) is 0 Å². The molecule has 10 nitrogen and oxygen atoms in total. The van der Waals surface area contributed by atoms with Gasteiger partial charge in [0.2, 0.25) is 0 Å². The molecule has 0 aromatic heterocycles. The van der Waals surface area contributed by atoms with Crippen molar-refractivity contribution in [1.29, 1.82) is 0 Å². The summed E-state index contributed by atoms with van der Waals surface area (Å²) in [5.41, 5.74) is 0. The third-order valence-electron chi connectivity index (χ3n) is 5.47. The minimum Gasteiger partial charge on any atom is -0.379 e. The van der Waals surface area contributed by atoms with Gasteiger partial charge in [0, 0.05) is 66.5 Å². The summed E-state index contributed by atoms with van der Waals surface area (Å²) in [5.74, 6) is 0. The van der Waals surface area contributed by atoms with Crippen molar-refractivity contribution in [1.82, 2.24) is 0 Å². The van der Waals surface area contributed by atoms with Crippen LogP contribution < -0.4 is 0 Å². The number of epoxide rings is 2. The Morgan fingerprint density at radius 3 is 1.25 bits per heavy atom. The average molecular weight is 557 g/mol. The highest BCUT2D eigenvalue weighted by atomic mass is 28.4. The standard InChI is InChI=1S/C15H32O5Si.C9H20O5Si/c1-4-8-18-21(19-9-5-2,20-10-6-3)12-7-11-16-13-15-14-17-15;1-10-15(11-2,12-3)6-4-5-13-7-9-8-14-9/h15H,4-14H2,1-3H3;9H,4-8H2,1-3H3. The van der Waals surface area contributed by atoms with Crippen molar-refractivity contribution in [3.05, 3.63) is 0 Å². The highest BCUT2D eigenvalue weighted by Crippen LogP contribution is 2.20. The van der Waals surface area contributed by atoms with E-state index in [0.717, 1.165) is 64.0 Å². The van der Waals surface area contributed by atoms with Crippen LogP contribution in [0.2, 0.25) is 12.1 Å². The summed E-state index contributed by atoms with van der Waals surface area (Å²) < 4.78 is 55.2. The lowest BCUT2D eigenvalue weighted by Gasteiger charge is -2.29.